The SMILES string of the molecule is CSCCCCCNCC1CCC=CO1. The Labute approximate surface area is 97.8 Å². The molecule has 0 saturated carbocycles. The van der Waals surface area contributed by atoms with Crippen molar-refractivity contribution in [2.75, 3.05) is 25.1 Å². The van der Waals surface area contributed by atoms with Gasteiger partial charge < -0.3 is 10.1 Å². The Balaban J connectivity index is 1.82. The molecule has 0 aromatic heterocycles. The van der Waals surface area contributed by atoms with Crippen molar-refractivity contribution in [3.63, 3.8) is 0 Å². The zero-order chi connectivity index (χ0) is 10.8. The molecule has 0 radical (unpaired) electrons. The van der Waals surface area contributed by atoms with Crippen molar-refractivity contribution >= 4 is 11.8 Å². The summed E-state index contributed by atoms with van der Waals surface area (Å²) in [5.41, 5.74) is 0. The fourth-order valence-electron chi connectivity index (χ4n) is 1.67. The molecule has 1 atom stereocenters. The van der Waals surface area contributed by atoms with Crippen LogP contribution in [0.3, 0.4) is 0 Å². The van der Waals surface area contributed by atoms with E-state index in [4.69, 9.17) is 4.74 Å². The van der Waals surface area contributed by atoms with Gasteiger partial charge in [-0.25, -0.2) is 0 Å². The second kappa shape index (κ2) is 9.10. The summed E-state index contributed by atoms with van der Waals surface area (Å²) in [6, 6.07) is 0. The molecule has 0 saturated heterocycles. The predicted octanol–water partition coefficient (Wildman–Crippen LogP) is 2.80. The molecule has 15 heavy (non-hydrogen) atoms. The summed E-state index contributed by atoms with van der Waals surface area (Å²) >= 11 is 1.94. The highest BCUT2D eigenvalue weighted by Gasteiger charge is 2.09. The second-order valence-electron chi connectivity index (χ2n) is 3.96. The van der Waals surface area contributed by atoms with E-state index < -0.39 is 0 Å². The van der Waals surface area contributed by atoms with Crippen LogP contribution in [0.15, 0.2) is 12.3 Å². The van der Waals surface area contributed by atoms with Gasteiger partial charge in [-0.3, -0.25) is 0 Å². The molecule has 3 heteroatoms. The Morgan fingerprint density at radius 3 is 3.07 bits per heavy atom. The average Bonchev–Trinajstić information content (AvgIpc) is 2.29. The molecule has 0 aromatic rings. The third-order valence-electron chi connectivity index (χ3n) is 2.60. The van der Waals surface area contributed by atoms with Gasteiger partial charge in [-0.05, 0) is 50.3 Å². The molecule has 1 aliphatic heterocycles. The molecule has 0 fully saturated rings. The van der Waals surface area contributed by atoms with Crippen LogP contribution >= 0.6 is 11.8 Å². The number of thioether (sulfide) groups is 1. The van der Waals surface area contributed by atoms with Crippen LogP contribution in [0.5, 0.6) is 0 Å². The Morgan fingerprint density at radius 2 is 2.33 bits per heavy atom. The molecule has 0 amide bonds. The largest absolute Gasteiger partial charge is 0.497 e. The molecule has 0 bridgehead atoms. The van der Waals surface area contributed by atoms with E-state index in [2.05, 4.69) is 17.6 Å². The number of ether oxygens (including phenoxy) is 1. The lowest BCUT2D eigenvalue weighted by atomic mass is 10.1. The van der Waals surface area contributed by atoms with E-state index in [1.54, 1.807) is 0 Å². The van der Waals surface area contributed by atoms with Gasteiger partial charge in [0.25, 0.3) is 0 Å². The van der Waals surface area contributed by atoms with E-state index >= 15 is 0 Å². The van der Waals surface area contributed by atoms with Crippen LogP contribution < -0.4 is 5.32 Å². The molecule has 2 nitrogen and oxygen atoms in total. The maximum atomic E-state index is 5.48. The van der Waals surface area contributed by atoms with Crippen molar-refractivity contribution in [3.8, 4) is 0 Å². The van der Waals surface area contributed by atoms with Gasteiger partial charge in [-0.15, -0.1) is 0 Å². The molecule has 0 aliphatic carbocycles. The third-order valence-corrected chi connectivity index (χ3v) is 3.29. The van der Waals surface area contributed by atoms with Gasteiger partial charge in [-0.1, -0.05) is 6.42 Å². The first kappa shape index (κ1) is 12.9. The van der Waals surface area contributed by atoms with Crippen LogP contribution in [-0.2, 0) is 4.74 Å². The Bertz CT molecular complexity index is 173. The third kappa shape index (κ3) is 6.85. The van der Waals surface area contributed by atoms with Crippen LogP contribution in [0, 0.1) is 0 Å². The zero-order valence-electron chi connectivity index (χ0n) is 9.71. The molecule has 1 unspecified atom stereocenters. The van der Waals surface area contributed by atoms with Crippen molar-refractivity contribution in [1.82, 2.24) is 5.32 Å². The number of unbranched alkanes of at least 4 members (excludes halogenated alkanes) is 2. The van der Waals surface area contributed by atoms with Crippen LogP contribution in [0.25, 0.3) is 0 Å². The number of allylic oxidation sites excluding steroid dienone is 1. The van der Waals surface area contributed by atoms with Gasteiger partial charge in [0.15, 0.2) is 0 Å². The first-order valence-corrected chi connectivity index (χ1v) is 7.33. The minimum atomic E-state index is 0.404. The topological polar surface area (TPSA) is 21.3 Å². The van der Waals surface area contributed by atoms with Crippen molar-refractivity contribution in [2.24, 2.45) is 0 Å². The Morgan fingerprint density at radius 1 is 1.40 bits per heavy atom. The number of rotatable bonds is 8. The summed E-state index contributed by atoms with van der Waals surface area (Å²) in [5.74, 6) is 1.30. The van der Waals surface area contributed by atoms with Gasteiger partial charge in [-0.2, -0.15) is 11.8 Å². The molecule has 88 valence electrons. The number of hydrogen-bond acceptors (Lipinski definition) is 3. The van der Waals surface area contributed by atoms with E-state index in [0.29, 0.717) is 6.10 Å². The summed E-state index contributed by atoms with van der Waals surface area (Å²) in [6.45, 7) is 2.14. The minimum absolute atomic E-state index is 0.404. The summed E-state index contributed by atoms with van der Waals surface area (Å²) < 4.78 is 5.48. The van der Waals surface area contributed by atoms with Crippen LogP contribution in [0.2, 0.25) is 0 Å². The fourth-order valence-corrected chi connectivity index (χ4v) is 2.16. The molecule has 0 spiro atoms. The molecular formula is C12H23NOS. The van der Waals surface area contributed by atoms with Gasteiger partial charge in [0.1, 0.15) is 6.10 Å². The maximum absolute atomic E-state index is 5.48. The lowest BCUT2D eigenvalue weighted by molar-refractivity contribution is 0.122. The number of hydrogen-bond donors (Lipinski definition) is 1. The summed E-state index contributed by atoms with van der Waals surface area (Å²) in [7, 11) is 0. The van der Waals surface area contributed by atoms with Crippen molar-refractivity contribution in [3.05, 3.63) is 12.3 Å². The van der Waals surface area contributed by atoms with Crippen molar-refractivity contribution in [2.45, 2.75) is 38.2 Å². The van der Waals surface area contributed by atoms with E-state index in [0.717, 1.165) is 19.5 Å². The van der Waals surface area contributed by atoms with Crippen molar-refractivity contribution in [1.29, 1.82) is 0 Å². The highest BCUT2D eigenvalue weighted by molar-refractivity contribution is 7.98. The highest BCUT2D eigenvalue weighted by Crippen LogP contribution is 2.09. The van der Waals surface area contributed by atoms with Gasteiger partial charge in [0.05, 0.1) is 6.26 Å². The van der Waals surface area contributed by atoms with Crippen LogP contribution in [0.4, 0.5) is 0 Å². The molecule has 1 aliphatic rings. The van der Waals surface area contributed by atoms with Crippen LogP contribution in [-0.4, -0.2) is 31.2 Å². The molecular weight excluding hydrogens is 206 g/mol. The summed E-state index contributed by atoms with van der Waals surface area (Å²) in [5, 5.41) is 3.47. The van der Waals surface area contributed by atoms with Crippen LogP contribution in [0.1, 0.15) is 32.1 Å². The second-order valence-corrected chi connectivity index (χ2v) is 4.95. The summed E-state index contributed by atoms with van der Waals surface area (Å²) in [6.07, 6.45) is 12.8. The molecule has 1 heterocycles. The lowest BCUT2D eigenvalue weighted by Crippen LogP contribution is -2.29. The van der Waals surface area contributed by atoms with E-state index in [9.17, 15) is 0 Å². The zero-order valence-corrected chi connectivity index (χ0v) is 10.5. The normalized spacial score (nSPS) is 20.2. The fraction of sp³-hybridized carbons (Fsp3) is 0.833. The standard InChI is InChI=1S/C12H23NOS/c1-15-10-6-2-4-8-13-11-12-7-3-5-9-14-12/h5,9,12-13H,2-4,6-8,10-11H2,1H3. The molecule has 1 rings (SSSR count). The van der Waals surface area contributed by atoms with Gasteiger partial charge >= 0.3 is 0 Å². The van der Waals surface area contributed by atoms with Gasteiger partial charge in [0, 0.05) is 6.54 Å². The monoisotopic (exact) mass is 229 g/mol. The van der Waals surface area contributed by atoms with E-state index in [1.165, 1.54) is 31.4 Å². The molecule has 0 aromatic carbocycles. The first-order valence-electron chi connectivity index (χ1n) is 5.93. The Hall–Kier alpha value is -0.150. The minimum Gasteiger partial charge on any atom is -0.497 e. The van der Waals surface area contributed by atoms with Gasteiger partial charge in [0.2, 0.25) is 0 Å². The Kier molecular flexibility index (Phi) is 7.84. The van der Waals surface area contributed by atoms with Crippen molar-refractivity contribution < 1.29 is 4.74 Å². The lowest BCUT2D eigenvalue weighted by Gasteiger charge is -2.19. The molecule has 1 N–H and O–H groups in total. The first-order chi connectivity index (χ1) is 7.43. The highest BCUT2D eigenvalue weighted by atomic mass is 32.2. The predicted molar refractivity (Wildman–Crippen MR) is 68.3 cm³/mol. The maximum Gasteiger partial charge on any atom is 0.110 e. The smallest absolute Gasteiger partial charge is 0.110 e. The summed E-state index contributed by atoms with van der Waals surface area (Å²) in [4.78, 5) is 0. The van der Waals surface area contributed by atoms with E-state index in [-0.39, 0.29) is 0 Å². The average molecular weight is 229 g/mol. The number of nitrogens with one attached hydrogen (secondary N) is 1. The quantitative estimate of drug-likeness (QED) is 0.647. The van der Waals surface area contributed by atoms with E-state index in [1.807, 2.05) is 18.0 Å².